The Morgan fingerprint density at radius 2 is 1.86 bits per heavy atom. The summed E-state index contributed by atoms with van der Waals surface area (Å²) in [5.41, 5.74) is 1.70. The number of amides is 2. The average molecular weight is 317 g/mol. The Morgan fingerprint density at radius 1 is 1.14 bits per heavy atom. The minimum atomic E-state index is -0.191. The maximum absolute atomic E-state index is 12.4. The average Bonchev–Trinajstić information content (AvgIpc) is 2.56. The van der Waals surface area contributed by atoms with Crippen molar-refractivity contribution < 1.29 is 9.53 Å². The van der Waals surface area contributed by atoms with Gasteiger partial charge in [0.2, 0.25) is 0 Å². The highest BCUT2D eigenvalue weighted by Gasteiger charge is 2.26. The van der Waals surface area contributed by atoms with Gasteiger partial charge in [-0.05, 0) is 18.2 Å². The first kappa shape index (κ1) is 14.9. The van der Waals surface area contributed by atoms with Gasteiger partial charge in [0.05, 0.1) is 13.2 Å². The molecule has 0 saturated carbocycles. The van der Waals surface area contributed by atoms with E-state index in [0.717, 1.165) is 11.3 Å². The number of para-hydroxylation sites is 1. The third-order valence-corrected chi connectivity index (χ3v) is 3.98. The van der Waals surface area contributed by atoms with E-state index in [9.17, 15) is 4.79 Å². The highest BCUT2D eigenvalue weighted by molar-refractivity contribution is 6.31. The van der Waals surface area contributed by atoms with Crippen molar-refractivity contribution in [2.45, 2.75) is 6.10 Å². The van der Waals surface area contributed by atoms with Crippen molar-refractivity contribution in [1.82, 2.24) is 4.90 Å². The van der Waals surface area contributed by atoms with Crippen LogP contribution in [0.2, 0.25) is 5.02 Å². The molecule has 22 heavy (non-hydrogen) atoms. The van der Waals surface area contributed by atoms with Gasteiger partial charge in [0.25, 0.3) is 0 Å². The molecule has 114 valence electrons. The Hall–Kier alpha value is -2.04. The van der Waals surface area contributed by atoms with Gasteiger partial charge in [-0.2, -0.15) is 0 Å². The van der Waals surface area contributed by atoms with Gasteiger partial charge in [-0.15, -0.1) is 0 Å². The van der Waals surface area contributed by atoms with Crippen LogP contribution in [0.5, 0.6) is 0 Å². The molecule has 0 aliphatic carbocycles. The van der Waals surface area contributed by atoms with Crippen molar-refractivity contribution in [3.05, 3.63) is 65.2 Å². The normalized spacial score (nSPS) is 18.0. The predicted octanol–water partition coefficient (Wildman–Crippen LogP) is 3.95. The summed E-state index contributed by atoms with van der Waals surface area (Å²) in [6.45, 7) is 1.56. The second-order valence-electron chi connectivity index (χ2n) is 5.12. The van der Waals surface area contributed by atoms with Gasteiger partial charge in [-0.1, -0.05) is 48.0 Å². The minimum absolute atomic E-state index is 0.119. The van der Waals surface area contributed by atoms with Crippen molar-refractivity contribution in [3.8, 4) is 0 Å². The lowest BCUT2D eigenvalue weighted by atomic mass is 10.1. The Kier molecular flexibility index (Phi) is 4.61. The molecule has 0 bridgehead atoms. The number of hydrogen-bond donors (Lipinski definition) is 1. The number of anilines is 1. The zero-order chi connectivity index (χ0) is 15.4. The molecule has 1 heterocycles. The van der Waals surface area contributed by atoms with E-state index < -0.39 is 0 Å². The Bertz CT molecular complexity index is 648. The molecule has 1 fully saturated rings. The van der Waals surface area contributed by atoms with Crippen LogP contribution in [0.4, 0.5) is 10.5 Å². The number of carbonyl (C=O) groups is 1. The fourth-order valence-corrected chi connectivity index (χ4v) is 2.74. The molecule has 0 aromatic heterocycles. The standard InChI is InChI=1S/C17H17ClN2O2/c18-15-9-5-4-8-14(15)16-12-20(10-11-22-16)17(21)19-13-6-2-1-3-7-13/h1-9,16H,10-12H2,(H,19,21). The summed E-state index contributed by atoms with van der Waals surface area (Å²) in [6.07, 6.45) is -0.191. The van der Waals surface area contributed by atoms with Crippen LogP contribution in [0, 0.1) is 0 Å². The number of nitrogens with zero attached hydrogens (tertiary/aromatic N) is 1. The molecule has 1 N–H and O–H groups in total. The number of hydrogen-bond acceptors (Lipinski definition) is 2. The van der Waals surface area contributed by atoms with Gasteiger partial charge < -0.3 is 15.0 Å². The molecular weight excluding hydrogens is 300 g/mol. The van der Waals surface area contributed by atoms with Crippen molar-refractivity contribution in [2.24, 2.45) is 0 Å². The van der Waals surface area contributed by atoms with Crippen molar-refractivity contribution in [2.75, 3.05) is 25.0 Å². The lowest BCUT2D eigenvalue weighted by Crippen LogP contribution is -2.44. The smallest absolute Gasteiger partial charge is 0.322 e. The predicted molar refractivity (Wildman–Crippen MR) is 87.2 cm³/mol. The maximum atomic E-state index is 12.4. The van der Waals surface area contributed by atoms with Gasteiger partial charge in [-0.3, -0.25) is 0 Å². The second kappa shape index (κ2) is 6.81. The summed E-state index contributed by atoms with van der Waals surface area (Å²) in [5.74, 6) is 0. The van der Waals surface area contributed by atoms with Gasteiger partial charge in [0.1, 0.15) is 6.10 Å². The van der Waals surface area contributed by atoms with Crippen LogP contribution in [0.25, 0.3) is 0 Å². The van der Waals surface area contributed by atoms with Crippen LogP contribution >= 0.6 is 11.6 Å². The van der Waals surface area contributed by atoms with Crippen molar-refractivity contribution in [1.29, 1.82) is 0 Å². The van der Waals surface area contributed by atoms with E-state index in [0.29, 0.717) is 24.7 Å². The molecule has 4 nitrogen and oxygen atoms in total. The van der Waals surface area contributed by atoms with Crippen LogP contribution in [-0.2, 0) is 4.74 Å². The molecule has 2 aromatic carbocycles. The lowest BCUT2D eigenvalue weighted by Gasteiger charge is -2.33. The minimum Gasteiger partial charge on any atom is -0.370 e. The Labute approximate surface area is 134 Å². The van der Waals surface area contributed by atoms with E-state index in [-0.39, 0.29) is 12.1 Å². The van der Waals surface area contributed by atoms with E-state index in [1.165, 1.54) is 0 Å². The molecule has 5 heteroatoms. The maximum Gasteiger partial charge on any atom is 0.322 e. The number of urea groups is 1. The zero-order valence-electron chi connectivity index (χ0n) is 12.0. The second-order valence-corrected chi connectivity index (χ2v) is 5.53. The highest BCUT2D eigenvalue weighted by Crippen LogP contribution is 2.28. The molecule has 2 amide bonds. The van der Waals surface area contributed by atoms with E-state index in [1.54, 1.807) is 4.90 Å². The third kappa shape index (κ3) is 3.40. The summed E-state index contributed by atoms with van der Waals surface area (Å²) < 4.78 is 5.77. The van der Waals surface area contributed by atoms with Crippen molar-refractivity contribution in [3.63, 3.8) is 0 Å². The molecule has 1 atom stereocenters. The molecule has 1 aliphatic heterocycles. The fraction of sp³-hybridized carbons (Fsp3) is 0.235. The molecule has 1 unspecified atom stereocenters. The fourth-order valence-electron chi connectivity index (χ4n) is 2.48. The van der Waals surface area contributed by atoms with Crippen LogP contribution in [0.1, 0.15) is 11.7 Å². The number of ether oxygens (including phenoxy) is 1. The van der Waals surface area contributed by atoms with Gasteiger partial charge in [0.15, 0.2) is 0 Å². The summed E-state index contributed by atoms with van der Waals surface area (Å²) in [4.78, 5) is 14.1. The first-order valence-corrected chi connectivity index (χ1v) is 7.59. The summed E-state index contributed by atoms with van der Waals surface area (Å²) in [5, 5.41) is 3.56. The van der Waals surface area contributed by atoms with E-state index in [1.807, 2.05) is 54.6 Å². The van der Waals surface area contributed by atoms with Crippen LogP contribution in [0.3, 0.4) is 0 Å². The number of halogens is 1. The van der Waals surface area contributed by atoms with E-state index >= 15 is 0 Å². The Balaban J connectivity index is 1.68. The van der Waals surface area contributed by atoms with E-state index in [4.69, 9.17) is 16.3 Å². The highest BCUT2D eigenvalue weighted by atomic mass is 35.5. The summed E-state index contributed by atoms with van der Waals surface area (Å²) >= 11 is 6.22. The van der Waals surface area contributed by atoms with Crippen LogP contribution in [0.15, 0.2) is 54.6 Å². The molecule has 1 aliphatic rings. The summed E-state index contributed by atoms with van der Waals surface area (Å²) in [7, 11) is 0. The van der Waals surface area contributed by atoms with Crippen LogP contribution < -0.4 is 5.32 Å². The zero-order valence-corrected chi connectivity index (χ0v) is 12.8. The molecule has 2 aromatic rings. The van der Waals surface area contributed by atoms with Gasteiger partial charge >= 0.3 is 6.03 Å². The van der Waals surface area contributed by atoms with Gasteiger partial charge in [-0.25, -0.2) is 4.79 Å². The number of benzene rings is 2. The topological polar surface area (TPSA) is 41.6 Å². The SMILES string of the molecule is O=C(Nc1ccccc1)N1CCOC(c2ccccc2Cl)C1. The van der Waals surface area contributed by atoms with Gasteiger partial charge in [0, 0.05) is 22.8 Å². The van der Waals surface area contributed by atoms with E-state index in [2.05, 4.69) is 5.32 Å². The number of nitrogens with one attached hydrogen (secondary N) is 1. The van der Waals surface area contributed by atoms with Crippen LogP contribution in [-0.4, -0.2) is 30.6 Å². The Morgan fingerprint density at radius 3 is 2.64 bits per heavy atom. The van der Waals surface area contributed by atoms with Crippen molar-refractivity contribution >= 4 is 23.3 Å². The molecule has 0 radical (unpaired) electrons. The number of rotatable bonds is 2. The number of morpholine rings is 1. The quantitative estimate of drug-likeness (QED) is 0.911. The molecular formula is C17H17ClN2O2. The number of carbonyl (C=O) groups excluding carboxylic acids is 1. The molecule has 3 rings (SSSR count). The summed E-state index contributed by atoms with van der Waals surface area (Å²) in [6, 6.07) is 16.9. The largest absolute Gasteiger partial charge is 0.370 e. The monoisotopic (exact) mass is 316 g/mol. The lowest BCUT2D eigenvalue weighted by molar-refractivity contribution is -0.0134. The first-order chi connectivity index (χ1) is 10.7. The third-order valence-electron chi connectivity index (χ3n) is 3.63. The molecule has 1 saturated heterocycles. The first-order valence-electron chi connectivity index (χ1n) is 7.21. The molecule has 0 spiro atoms.